The number of ether oxygens (including phenoxy) is 1. The maximum atomic E-state index is 13.3. The highest BCUT2D eigenvalue weighted by Gasteiger charge is 2.06. The average Bonchev–Trinajstić information content (AvgIpc) is 2.72. The molecule has 0 atom stereocenters. The van der Waals surface area contributed by atoms with Gasteiger partial charge in [-0.1, -0.05) is 6.92 Å². The number of benzene rings is 1. The Hall–Kier alpha value is -1.36. The third-order valence-electron chi connectivity index (χ3n) is 2.67. The van der Waals surface area contributed by atoms with Crippen LogP contribution in [0.4, 0.5) is 4.39 Å². The molecule has 18 heavy (non-hydrogen) atoms. The van der Waals surface area contributed by atoms with Gasteiger partial charge in [0.1, 0.15) is 18.2 Å². The Kier molecular flexibility index (Phi) is 4.01. The van der Waals surface area contributed by atoms with Gasteiger partial charge in [0.05, 0.1) is 15.9 Å². The van der Waals surface area contributed by atoms with Gasteiger partial charge in [-0.3, -0.25) is 4.68 Å². The van der Waals surface area contributed by atoms with Crippen LogP contribution in [0.1, 0.15) is 18.3 Å². The van der Waals surface area contributed by atoms with Crippen LogP contribution >= 0.6 is 15.9 Å². The second kappa shape index (κ2) is 5.52. The molecule has 2 aromatic rings. The third-order valence-corrected chi connectivity index (χ3v) is 3.31. The highest BCUT2D eigenvalue weighted by molar-refractivity contribution is 9.10. The summed E-state index contributed by atoms with van der Waals surface area (Å²) in [7, 11) is 1.88. The molecule has 3 nitrogen and oxygen atoms in total. The van der Waals surface area contributed by atoms with Crippen molar-refractivity contribution in [3.8, 4) is 5.75 Å². The first-order valence-corrected chi connectivity index (χ1v) is 6.49. The van der Waals surface area contributed by atoms with E-state index >= 15 is 0 Å². The molecule has 0 spiro atoms. The molecule has 1 aromatic heterocycles. The van der Waals surface area contributed by atoms with Crippen LogP contribution in [-0.4, -0.2) is 9.78 Å². The van der Waals surface area contributed by atoms with Gasteiger partial charge in [-0.15, -0.1) is 0 Å². The number of aryl methyl sites for hydroxylation is 2. The molecule has 0 saturated heterocycles. The number of rotatable bonds is 4. The first-order chi connectivity index (χ1) is 8.60. The zero-order chi connectivity index (χ0) is 13.1. The Balaban J connectivity index is 2.06. The SMILES string of the molecule is CCc1cc(COc2ccc(Br)c(F)c2)n(C)n1. The summed E-state index contributed by atoms with van der Waals surface area (Å²) >= 11 is 3.10. The van der Waals surface area contributed by atoms with Crippen molar-refractivity contribution in [2.75, 3.05) is 0 Å². The quantitative estimate of drug-likeness (QED) is 0.864. The van der Waals surface area contributed by atoms with Gasteiger partial charge in [0.15, 0.2) is 0 Å². The first-order valence-electron chi connectivity index (χ1n) is 5.69. The maximum absolute atomic E-state index is 13.3. The molecule has 5 heteroatoms. The average molecular weight is 313 g/mol. The third kappa shape index (κ3) is 2.90. The van der Waals surface area contributed by atoms with E-state index in [1.807, 2.05) is 13.1 Å². The molecule has 2 rings (SSSR count). The van der Waals surface area contributed by atoms with Gasteiger partial charge in [0.2, 0.25) is 0 Å². The molecule has 0 fully saturated rings. The van der Waals surface area contributed by atoms with E-state index in [-0.39, 0.29) is 5.82 Å². The molecular weight excluding hydrogens is 299 g/mol. The highest BCUT2D eigenvalue weighted by Crippen LogP contribution is 2.21. The molecule has 96 valence electrons. The van der Waals surface area contributed by atoms with Gasteiger partial charge in [-0.2, -0.15) is 5.10 Å². The zero-order valence-corrected chi connectivity index (χ0v) is 11.9. The van der Waals surface area contributed by atoms with Crippen LogP contribution in [-0.2, 0) is 20.1 Å². The van der Waals surface area contributed by atoms with Gasteiger partial charge in [0, 0.05) is 13.1 Å². The summed E-state index contributed by atoms with van der Waals surface area (Å²) in [5, 5.41) is 4.33. The number of hydrogen-bond donors (Lipinski definition) is 0. The van der Waals surface area contributed by atoms with Gasteiger partial charge in [-0.05, 0) is 40.5 Å². The minimum atomic E-state index is -0.327. The zero-order valence-electron chi connectivity index (χ0n) is 10.3. The van der Waals surface area contributed by atoms with Crippen molar-refractivity contribution < 1.29 is 9.13 Å². The summed E-state index contributed by atoms with van der Waals surface area (Å²) in [6.45, 7) is 2.43. The summed E-state index contributed by atoms with van der Waals surface area (Å²) in [5.74, 6) is 0.182. The minimum Gasteiger partial charge on any atom is -0.487 e. The van der Waals surface area contributed by atoms with E-state index in [1.54, 1.807) is 16.8 Å². The lowest BCUT2D eigenvalue weighted by Crippen LogP contribution is -2.03. The maximum Gasteiger partial charge on any atom is 0.141 e. The number of aromatic nitrogens is 2. The van der Waals surface area contributed by atoms with Crippen molar-refractivity contribution in [2.24, 2.45) is 7.05 Å². The van der Waals surface area contributed by atoms with Crippen LogP contribution in [0.3, 0.4) is 0 Å². The Morgan fingerprint density at radius 1 is 1.39 bits per heavy atom. The van der Waals surface area contributed by atoms with E-state index < -0.39 is 0 Å². The molecule has 0 aliphatic carbocycles. The van der Waals surface area contributed by atoms with Crippen molar-refractivity contribution in [3.05, 3.63) is 45.9 Å². The topological polar surface area (TPSA) is 27.1 Å². The lowest BCUT2D eigenvalue weighted by Gasteiger charge is -2.06. The fourth-order valence-electron chi connectivity index (χ4n) is 1.60. The summed E-state index contributed by atoms with van der Waals surface area (Å²) in [6, 6.07) is 6.71. The van der Waals surface area contributed by atoms with E-state index in [0.717, 1.165) is 17.8 Å². The van der Waals surface area contributed by atoms with Crippen LogP contribution in [0.2, 0.25) is 0 Å². The Morgan fingerprint density at radius 3 is 2.78 bits per heavy atom. The summed E-state index contributed by atoms with van der Waals surface area (Å²) in [4.78, 5) is 0. The van der Waals surface area contributed by atoms with Crippen molar-refractivity contribution in [2.45, 2.75) is 20.0 Å². The molecule has 0 saturated carbocycles. The molecule has 1 aromatic carbocycles. The van der Waals surface area contributed by atoms with Gasteiger partial charge in [0.25, 0.3) is 0 Å². The van der Waals surface area contributed by atoms with Crippen LogP contribution in [0.25, 0.3) is 0 Å². The highest BCUT2D eigenvalue weighted by atomic mass is 79.9. The molecule has 0 unspecified atom stereocenters. The van der Waals surface area contributed by atoms with Crippen molar-refractivity contribution in [3.63, 3.8) is 0 Å². The van der Waals surface area contributed by atoms with Crippen LogP contribution < -0.4 is 4.74 Å². The van der Waals surface area contributed by atoms with Gasteiger partial charge < -0.3 is 4.74 Å². The summed E-state index contributed by atoms with van der Waals surface area (Å²) < 4.78 is 21.1. The number of nitrogens with zero attached hydrogens (tertiary/aromatic N) is 2. The van der Waals surface area contributed by atoms with Crippen LogP contribution in [0.5, 0.6) is 5.75 Å². The standard InChI is InChI=1S/C13H14BrFN2O/c1-3-9-6-10(17(2)16-9)8-18-11-4-5-12(14)13(15)7-11/h4-7H,3,8H2,1-2H3. The fraction of sp³-hybridized carbons (Fsp3) is 0.308. The summed E-state index contributed by atoms with van der Waals surface area (Å²) in [5.41, 5.74) is 1.99. The smallest absolute Gasteiger partial charge is 0.141 e. The summed E-state index contributed by atoms with van der Waals surface area (Å²) in [6.07, 6.45) is 0.890. The number of hydrogen-bond acceptors (Lipinski definition) is 2. The predicted octanol–water partition coefficient (Wildman–Crippen LogP) is 3.46. The van der Waals surface area contributed by atoms with Gasteiger partial charge >= 0.3 is 0 Å². The Bertz CT molecular complexity index is 554. The number of halogens is 2. The van der Waals surface area contributed by atoms with E-state index in [1.165, 1.54) is 6.07 Å². The van der Waals surface area contributed by atoms with Crippen molar-refractivity contribution in [1.29, 1.82) is 0 Å². The van der Waals surface area contributed by atoms with Crippen LogP contribution in [0.15, 0.2) is 28.7 Å². The van der Waals surface area contributed by atoms with Crippen molar-refractivity contribution in [1.82, 2.24) is 9.78 Å². The monoisotopic (exact) mass is 312 g/mol. The minimum absolute atomic E-state index is 0.327. The second-order valence-corrected chi connectivity index (χ2v) is 4.82. The Labute approximate surface area is 114 Å². The normalized spacial score (nSPS) is 10.7. The van der Waals surface area contributed by atoms with E-state index in [2.05, 4.69) is 28.0 Å². The van der Waals surface area contributed by atoms with E-state index in [9.17, 15) is 4.39 Å². The molecule has 0 aliphatic rings. The van der Waals surface area contributed by atoms with Gasteiger partial charge in [-0.25, -0.2) is 4.39 Å². The molecule has 1 heterocycles. The molecule has 0 amide bonds. The molecule has 0 radical (unpaired) electrons. The van der Waals surface area contributed by atoms with E-state index in [0.29, 0.717) is 16.8 Å². The Morgan fingerprint density at radius 2 is 2.17 bits per heavy atom. The van der Waals surface area contributed by atoms with E-state index in [4.69, 9.17) is 4.74 Å². The second-order valence-electron chi connectivity index (χ2n) is 3.97. The lowest BCUT2D eigenvalue weighted by atomic mass is 10.3. The first kappa shape index (κ1) is 13.1. The van der Waals surface area contributed by atoms with Crippen molar-refractivity contribution >= 4 is 15.9 Å². The largest absolute Gasteiger partial charge is 0.487 e. The predicted molar refractivity (Wildman–Crippen MR) is 71.0 cm³/mol. The molecule has 0 bridgehead atoms. The lowest BCUT2D eigenvalue weighted by molar-refractivity contribution is 0.293. The molecule has 0 aliphatic heterocycles. The fourth-order valence-corrected chi connectivity index (χ4v) is 1.85. The van der Waals surface area contributed by atoms with Crippen LogP contribution in [0, 0.1) is 5.82 Å². The molecular formula is C13H14BrFN2O. The molecule has 0 N–H and O–H groups in total.